The van der Waals surface area contributed by atoms with Crippen molar-refractivity contribution in [3.8, 4) is 5.75 Å². The summed E-state index contributed by atoms with van der Waals surface area (Å²) in [6.07, 6.45) is 1.96. The number of nitrogens with one attached hydrogen (secondary N) is 3. The van der Waals surface area contributed by atoms with Gasteiger partial charge in [0.1, 0.15) is 5.75 Å². The second-order valence-electron chi connectivity index (χ2n) is 4.35. The Morgan fingerprint density at radius 3 is 2.56 bits per heavy atom. The van der Waals surface area contributed by atoms with Crippen LogP contribution in [0, 0.1) is 0 Å². The minimum absolute atomic E-state index is 0.146. The molecule has 5 nitrogen and oxygen atoms in total. The Balaban J connectivity index is 1.82. The minimum Gasteiger partial charge on any atom is -0.497 e. The Morgan fingerprint density at radius 1 is 1.28 bits per heavy atom. The Kier molecular flexibility index (Phi) is 4.41. The Bertz CT molecular complexity index is 386. The van der Waals surface area contributed by atoms with E-state index in [0.29, 0.717) is 0 Å². The second kappa shape index (κ2) is 6.26. The molecule has 0 bridgehead atoms. The highest BCUT2D eigenvalue weighted by Gasteiger charge is 2.14. The van der Waals surface area contributed by atoms with Gasteiger partial charge in [-0.1, -0.05) is 0 Å². The van der Waals surface area contributed by atoms with E-state index in [0.717, 1.165) is 37.4 Å². The van der Waals surface area contributed by atoms with Crippen LogP contribution >= 0.6 is 0 Å². The van der Waals surface area contributed by atoms with Gasteiger partial charge in [-0.15, -0.1) is 0 Å². The summed E-state index contributed by atoms with van der Waals surface area (Å²) in [5, 5.41) is 9.05. The normalized spacial score (nSPS) is 16.1. The molecule has 1 aliphatic heterocycles. The summed E-state index contributed by atoms with van der Waals surface area (Å²) >= 11 is 0. The van der Waals surface area contributed by atoms with Gasteiger partial charge in [-0.25, -0.2) is 4.79 Å². The third kappa shape index (κ3) is 3.63. The molecule has 98 valence electrons. The molecule has 2 rings (SSSR count). The van der Waals surface area contributed by atoms with Crippen molar-refractivity contribution in [3.63, 3.8) is 0 Å². The van der Waals surface area contributed by atoms with Gasteiger partial charge in [-0.2, -0.15) is 0 Å². The fraction of sp³-hybridized carbons (Fsp3) is 0.462. The maximum Gasteiger partial charge on any atom is 0.319 e. The summed E-state index contributed by atoms with van der Waals surface area (Å²) < 4.78 is 5.06. The largest absolute Gasteiger partial charge is 0.497 e. The van der Waals surface area contributed by atoms with Crippen molar-refractivity contribution in [2.75, 3.05) is 25.5 Å². The lowest BCUT2D eigenvalue weighted by Gasteiger charge is -2.23. The molecule has 1 heterocycles. The van der Waals surface area contributed by atoms with Gasteiger partial charge in [0.15, 0.2) is 0 Å². The molecule has 0 spiro atoms. The van der Waals surface area contributed by atoms with E-state index in [1.165, 1.54) is 0 Å². The lowest BCUT2D eigenvalue weighted by molar-refractivity contribution is 0.245. The molecule has 2 amide bonds. The smallest absolute Gasteiger partial charge is 0.319 e. The molecule has 1 fully saturated rings. The van der Waals surface area contributed by atoms with E-state index in [9.17, 15) is 4.79 Å². The van der Waals surface area contributed by atoms with Gasteiger partial charge in [-0.3, -0.25) is 0 Å². The van der Waals surface area contributed by atoms with Crippen LogP contribution < -0.4 is 20.7 Å². The van der Waals surface area contributed by atoms with E-state index < -0.39 is 0 Å². The van der Waals surface area contributed by atoms with Crippen molar-refractivity contribution in [2.45, 2.75) is 18.9 Å². The van der Waals surface area contributed by atoms with Crippen LogP contribution in [0.4, 0.5) is 10.5 Å². The number of hydrogen-bond acceptors (Lipinski definition) is 3. The van der Waals surface area contributed by atoms with Gasteiger partial charge in [0.05, 0.1) is 7.11 Å². The highest BCUT2D eigenvalue weighted by Crippen LogP contribution is 2.14. The second-order valence-corrected chi connectivity index (χ2v) is 4.35. The molecule has 0 aliphatic carbocycles. The topological polar surface area (TPSA) is 62.4 Å². The third-order valence-electron chi connectivity index (χ3n) is 3.02. The molecule has 0 atom stereocenters. The highest BCUT2D eigenvalue weighted by molar-refractivity contribution is 5.89. The number of methoxy groups -OCH3 is 1. The van der Waals surface area contributed by atoms with Crippen molar-refractivity contribution < 1.29 is 9.53 Å². The number of rotatable bonds is 3. The van der Waals surface area contributed by atoms with E-state index in [1.54, 1.807) is 7.11 Å². The zero-order chi connectivity index (χ0) is 12.8. The van der Waals surface area contributed by atoms with Gasteiger partial charge in [0.25, 0.3) is 0 Å². The lowest BCUT2D eigenvalue weighted by Crippen LogP contribution is -2.44. The molecule has 1 saturated heterocycles. The number of amides is 2. The number of hydrogen-bond donors (Lipinski definition) is 3. The molecule has 18 heavy (non-hydrogen) atoms. The van der Waals surface area contributed by atoms with Gasteiger partial charge >= 0.3 is 6.03 Å². The summed E-state index contributed by atoms with van der Waals surface area (Å²) in [4.78, 5) is 11.8. The van der Waals surface area contributed by atoms with Crippen molar-refractivity contribution >= 4 is 11.7 Å². The van der Waals surface area contributed by atoms with Crippen LogP contribution in [0.15, 0.2) is 24.3 Å². The first-order chi connectivity index (χ1) is 8.78. The Hall–Kier alpha value is -1.75. The van der Waals surface area contributed by atoms with Crippen molar-refractivity contribution in [1.29, 1.82) is 0 Å². The van der Waals surface area contributed by atoms with Crippen LogP contribution in [0.25, 0.3) is 0 Å². The molecule has 1 aromatic rings. The number of benzene rings is 1. The van der Waals surface area contributed by atoms with E-state index in [-0.39, 0.29) is 12.1 Å². The van der Waals surface area contributed by atoms with E-state index in [1.807, 2.05) is 24.3 Å². The van der Waals surface area contributed by atoms with E-state index in [2.05, 4.69) is 16.0 Å². The van der Waals surface area contributed by atoms with Gasteiger partial charge < -0.3 is 20.7 Å². The number of carbonyl (C=O) groups excluding carboxylic acids is 1. The third-order valence-corrected chi connectivity index (χ3v) is 3.02. The van der Waals surface area contributed by atoms with Crippen molar-refractivity contribution in [1.82, 2.24) is 10.6 Å². The fourth-order valence-electron chi connectivity index (χ4n) is 1.99. The number of piperidine rings is 1. The van der Waals surface area contributed by atoms with E-state index >= 15 is 0 Å². The van der Waals surface area contributed by atoms with Crippen LogP contribution in [0.2, 0.25) is 0 Å². The average molecular weight is 249 g/mol. The predicted molar refractivity (Wildman–Crippen MR) is 71.0 cm³/mol. The van der Waals surface area contributed by atoms with Gasteiger partial charge in [0.2, 0.25) is 0 Å². The number of urea groups is 1. The molecular formula is C13H19N3O2. The van der Waals surface area contributed by atoms with Crippen LogP contribution in [0.5, 0.6) is 5.75 Å². The Labute approximate surface area is 107 Å². The fourth-order valence-corrected chi connectivity index (χ4v) is 1.99. The first-order valence-electron chi connectivity index (χ1n) is 6.20. The summed E-state index contributed by atoms with van der Waals surface area (Å²) in [6, 6.07) is 7.40. The van der Waals surface area contributed by atoms with Crippen molar-refractivity contribution in [3.05, 3.63) is 24.3 Å². The maximum absolute atomic E-state index is 11.8. The molecule has 0 aromatic heterocycles. The standard InChI is InChI=1S/C13H19N3O2/c1-18-12-4-2-10(3-5-12)15-13(17)16-11-6-8-14-9-7-11/h2-5,11,14H,6-9H2,1H3,(H2,15,16,17). The number of ether oxygens (including phenoxy) is 1. The van der Waals surface area contributed by atoms with Crippen molar-refractivity contribution in [2.24, 2.45) is 0 Å². The summed E-state index contributed by atoms with van der Waals surface area (Å²) in [5.41, 5.74) is 0.766. The molecule has 1 aliphatic rings. The predicted octanol–water partition coefficient (Wildman–Crippen LogP) is 1.57. The first-order valence-corrected chi connectivity index (χ1v) is 6.20. The molecule has 5 heteroatoms. The van der Waals surface area contributed by atoms with E-state index in [4.69, 9.17) is 4.74 Å². The zero-order valence-electron chi connectivity index (χ0n) is 10.5. The molecule has 0 saturated carbocycles. The first kappa shape index (κ1) is 12.7. The van der Waals surface area contributed by atoms with Crippen LogP contribution in [-0.2, 0) is 0 Å². The molecular weight excluding hydrogens is 230 g/mol. The highest BCUT2D eigenvalue weighted by atomic mass is 16.5. The molecule has 1 aromatic carbocycles. The molecule has 0 unspecified atom stereocenters. The quantitative estimate of drug-likeness (QED) is 0.762. The lowest BCUT2D eigenvalue weighted by atomic mass is 10.1. The van der Waals surface area contributed by atoms with Gasteiger partial charge in [-0.05, 0) is 50.2 Å². The molecule has 0 radical (unpaired) electrons. The summed E-state index contributed by atoms with van der Waals surface area (Å²) in [7, 11) is 1.62. The minimum atomic E-state index is -0.146. The SMILES string of the molecule is COc1ccc(NC(=O)NC2CCNCC2)cc1. The average Bonchev–Trinajstić information content (AvgIpc) is 2.40. The van der Waals surface area contributed by atoms with Gasteiger partial charge in [0, 0.05) is 11.7 Å². The number of carbonyl (C=O) groups is 1. The van der Waals surface area contributed by atoms with Crippen LogP contribution in [0.1, 0.15) is 12.8 Å². The Morgan fingerprint density at radius 2 is 1.94 bits per heavy atom. The van der Waals surface area contributed by atoms with Crippen LogP contribution in [0.3, 0.4) is 0 Å². The summed E-state index contributed by atoms with van der Waals surface area (Å²) in [5.74, 6) is 0.777. The monoisotopic (exact) mass is 249 g/mol. The maximum atomic E-state index is 11.8. The number of anilines is 1. The molecule has 3 N–H and O–H groups in total. The zero-order valence-corrected chi connectivity index (χ0v) is 10.5. The van der Waals surface area contributed by atoms with Crippen LogP contribution in [-0.4, -0.2) is 32.3 Å². The summed E-state index contributed by atoms with van der Waals surface area (Å²) in [6.45, 7) is 1.93.